The largest absolute Gasteiger partial charge is 0.309 e. The van der Waals surface area contributed by atoms with Crippen molar-refractivity contribution in [2.45, 2.75) is 6.92 Å². The smallest absolute Gasteiger partial charge is 0.164 e. The second-order valence-corrected chi connectivity index (χ2v) is 12.1. The van der Waals surface area contributed by atoms with E-state index in [0.717, 1.165) is 61.2 Å². The molecule has 0 radical (unpaired) electrons. The Balaban J connectivity index is 1.31. The zero-order chi connectivity index (χ0) is 33.9. The lowest BCUT2D eigenvalue weighted by atomic mass is 10.0. The minimum atomic E-state index is 0.608. The van der Waals surface area contributed by atoms with Gasteiger partial charge < -0.3 is 4.57 Å². The molecular formula is C46H34N4. The molecule has 8 aromatic rings. The van der Waals surface area contributed by atoms with Crippen LogP contribution in [0.4, 0.5) is 0 Å². The van der Waals surface area contributed by atoms with E-state index in [1.54, 1.807) is 0 Å². The van der Waals surface area contributed by atoms with Gasteiger partial charge in [-0.2, -0.15) is 0 Å². The highest BCUT2D eigenvalue weighted by Gasteiger charge is 2.20. The maximum Gasteiger partial charge on any atom is 0.164 e. The summed E-state index contributed by atoms with van der Waals surface area (Å²) in [4.78, 5) is 15.1. The maximum atomic E-state index is 5.08. The SMILES string of the molecule is C=Cc1c(/C=C\C)c2cccc(-c3ccccc3)c2n1-c1cccc(-c2nc(-c3ccccc3)nc(-c3ccc(-c4ccccc4)cc3)n2)c1. The van der Waals surface area contributed by atoms with Crippen LogP contribution in [0.3, 0.4) is 0 Å². The van der Waals surface area contributed by atoms with Crippen LogP contribution in [0.15, 0.2) is 170 Å². The molecule has 0 unspecified atom stereocenters. The van der Waals surface area contributed by atoms with Crippen molar-refractivity contribution in [2.75, 3.05) is 0 Å². The summed E-state index contributed by atoms with van der Waals surface area (Å²) in [5, 5.41) is 1.16. The average Bonchev–Trinajstić information content (AvgIpc) is 3.52. The van der Waals surface area contributed by atoms with Crippen LogP contribution >= 0.6 is 0 Å². The Morgan fingerprint density at radius 2 is 1.00 bits per heavy atom. The van der Waals surface area contributed by atoms with Gasteiger partial charge in [0.25, 0.3) is 0 Å². The second kappa shape index (κ2) is 13.5. The predicted octanol–water partition coefficient (Wildman–Crippen LogP) is 11.8. The van der Waals surface area contributed by atoms with E-state index in [0.29, 0.717) is 17.5 Å². The summed E-state index contributed by atoms with van der Waals surface area (Å²) in [6, 6.07) is 54.4. The zero-order valence-electron chi connectivity index (χ0n) is 27.7. The van der Waals surface area contributed by atoms with Gasteiger partial charge in [0, 0.05) is 38.9 Å². The van der Waals surface area contributed by atoms with Crippen LogP contribution in [0.25, 0.3) is 85.2 Å². The highest BCUT2D eigenvalue weighted by atomic mass is 15.0. The van der Waals surface area contributed by atoms with Crippen LogP contribution in [-0.2, 0) is 0 Å². The quantitative estimate of drug-likeness (QED) is 0.166. The van der Waals surface area contributed by atoms with Crippen molar-refractivity contribution in [3.63, 3.8) is 0 Å². The van der Waals surface area contributed by atoms with Crippen molar-refractivity contribution < 1.29 is 0 Å². The van der Waals surface area contributed by atoms with E-state index in [1.165, 1.54) is 5.56 Å². The van der Waals surface area contributed by atoms with E-state index >= 15 is 0 Å². The first kappa shape index (κ1) is 30.7. The number of nitrogens with zero attached hydrogens (tertiary/aromatic N) is 4. The number of para-hydroxylation sites is 1. The average molecular weight is 643 g/mol. The molecule has 0 amide bonds. The van der Waals surface area contributed by atoms with E-state index < -0.39 is 0 Å². The highest BCUT2D eigenvalue weighted by Crippen LogP contribution is 2.38. The lowest BCUT2D eigenvalue weighted by Gasteiger charge is -2.14. The number of hydrogen-bond acceptors (Lipinski definition) is 3. The summed E-state index contributed by atoms with van der Waals surface area (Å²) >= 11 is 0. The van der Waals surface area contributed by atoms with Gasteiger partial charge in [-0.1, -0.05) is 164 Å². The predicted molar refractivity (Wildman–Crippen MR) is 209 cm³/mol. The molecule has 0 fully saturated rings. The van der Waals surface area contributed by atoms with Crippen molar-refractivity contribution in [3.8, 4) is 62.1 Å². The molecule has 4 nitrogen and oxygen atoms in total. The molecular weight excluding hydrogens is 609 g/mol. The van der Waals surface area contributed by atoms with Crippen LogP contribution in [0.1, 0.15) is 18.2 Å². The van der Waals surface area contributed by atoms with Gasteiger partial charge in [0.15, 0.2) is 17.5 Å². The molecule has 50 heavy (non-hydrogen) atoms. The summed E-state index contributed by atoms with van der Waals surface area (Å²) in [6.07, 6.45) is 6.20. The monoisotopic (exact) mass is 642 g/mol. The normalized spacial score (nSPS) is 11.3. The number of rotatable bonds is 8. The Labute approximate surface area is 292 Å². The summed E-state index contributed by atoms with van der Waals surface area (Å²) in [6.45, 7) is 6.32. The van der Waals surface area contributed by atoms with Crippen LogP contribution in [0, 0.1) is 0 Å². The molecule has 2 aromatic heterocycles. The van der Waals surface area contributed by atoms with E-state index in [-0.39, 0.29) is 0 Å². The first-order valence-electron chi connectivity index (χ1n) is 16.8. The van der Waals surface area contributed by atoms with E-state index in [1.807, 2.05) is 42.5 Å². The van der Waals surface area contributed by atoms with Crippen molar-refractivity contribution in [1.82, 2.24) is 19.5 Å². The summed E-state index contributed by atoms with van der Waals surface area (Å²) in [5.74, 6) is 1.86. The van der Waals surface area contributed by atoms with Crippen LogP contribution in [0.2, 0.25) is 0 Å². The molecule has 4 heteroatoms. The summed E-state index contributed by atoms with van der Waals surface area (Å²) < 4.78 is 2.31. The highest BCUT2D eigenvalue weighted by molar-refractivity contribution is 6.03. The van der Waals surface area contributed by atoms with Crippen LogP contribution < -0.4 is 0 Å². The lowest BCUT2D eigenvalue weighted by molar-refractivity contribution is 1.07. The number of hydrogen-bond donors (Lipinski definition) is 0. The van der Waals surface area contributed by atoms with Gasteiger partial charge in [-0.15, -0.1) is 0 Å². The van der Waals surface area contributed by atoms with Gasteiger partial charge in [-0.05, 0) is 41.8 Å². The fourth-order valence-corrected chi connectivity index (χ4v) is 6.62. The maximum absolute atomic E-state index is 5.08. The van der Waals surface area contributed by atoms with Gasteiger partial charge in [-0.25, -0.2) is 15.0 Å². The van der Waals surface area contributed by atoms with Crippen LogP contribution in [-0.4, -0.2) is 19.5 Å². The number of benzene rings is 6. The minimum Gasteiger partial charge on any atom is -0.309 e. The Morgan fingerprint density at radius 3 is 1.62 bits per heavy atom. The topological polar surface area (TPSA) is 43.6 Å². The van der Waals surface area contributed by atoms with E-state index in [2.05, 4.69) is 152 Å². The first-order chi connectivity index (χ1) is 24.7. The number of allylic oxidation sites excluding steroid dienone is 1. The molecule has 0 aliphatic rings. The molecule has 0 spiro atoms. The molecule has 6 aromatic carbocycles. The Bertz CT molecular complexity index is 2480. The second-order valence-electron chi connectivity index (χ2n) is 12.1. The molecule has 0 atom stereocenters. The van der Waals surface area contributed by atoms with Gasteiger partial charge in [0.2, 0.25) is 0 Å². The van der Waals surface area contributed by atoms with Crippen LogP contribution in [0.5, 0.6) is 0 Å². The summed E-state index contributed by atoms with van der Waals surface area (Å²) in [7, 11) is 0. The lowest BCUT2D eigenvalue weighted by Crippen LogP contribution is -2.02. The number of fused-ring (bicyclic) bond motifs is 1. The van der Waals surface area contributed by atoms with Crippen molar-refractivity contribution in [2.24, 2.45) is 0 Å². The first-order valence-corrected chi connectivity index (χ1v) is 16.8. The fraction of sp³-hybridized carbons (Fsp3) is 0.0217. The molecule has 0 bridgehead atoms. The third-order valence-corrected chi connectivity index (χ3v) is 8.96. The third-order valence-electron chi connectivity index (χ3n) is 8.96. The standard InChI is InChI=1S/C46H34N4/c1-3-16-40-41-26-15-25-39(34-19-10-6-11-20-34)43(41)50(42(40)4-2)38-24-14-23-37(31-38)46-48-44(35-21-12-7-13-22-35)47-45(49-46)36-29-27-33(28-30-36)32-17-8-5-9-18-32/h3-31H,2H2,1H3/b16-3-. The van der Waals surface area contributed by atoms with Gasteiger partial charge in [-0.3, -0.25) is 0 Å². The van der Waals surface area contributed by atoms with E-state index in [9.17, 15) is 0 Å². The van der Waals surface area contributed by atoms with Gasteiger partial charge in [0.05, 0.1) is 11.2 Å². The van der Waals surface area contributed by atoms with Crippen molar-refractivity contribution in [1.29, 1.82) is 0 Å². The molecule has 0 N–H and O–H groups in total. The van der Waals surface area contributed by atoms with Crippen molar-refractivity contribution >= 4 is 23.1 Å². The van der Waals surface area contributed by atoms with E-state index in [4.69, 9.17) is 15.0 Å². The zero-order valence-corrected chi connectivity index (χ0v) is 27.7. The van der Waals surface area contributed by atoms with Gasteiger partial charge in [0.1, 0.15) is 0 Å². The Kier molecular flexibility index (Phi) is 8.26. The van der Waals surface area contributed by atoms with Gasteiger partial charge >= 0.3 is 0 Å². The molecule has 2 heterocycles. The van der Waals surface area contributed by atoms with Crippen molar-refractivity contribution in [3.05, 3.63) is 182 Å². The minimum absolute atomic E-state index is 0.608. The Hall–Kier alpha value is -6.65. The fourth-order valence-electron chi connectivity index (χ4n) is 6.62. The third kappa shape index (κ3) is 5.73. The molecule has 8 rings (SSSR count). The molecule has 0 saturated carbocycles. The molecule has 0 aliphatic heterocycles. The molecule has 0 aliphatic carbocycles. The Morgan fingerprint density at radius 1 is 0.500 bits per heavy atom. The summed E-state index contributed by atoms with van der Waals surface area (Å²) in [5.41, 5.74) is 11.7. The number of aromatic nitrogens is 4. The molecule has 238 valence electrons. The molecule has 0 saturated heterocycles.